The SMILES string of the molecule is CCCCN(CCCC)C(=O)c1ccc2nc(-c3cc4ccccc4o3)n(CCCCCN3CCCCC3)c2c1. The second-order valence-corrected chi connectivity index (χ2v) is 11.4. The third kappa shape index (κ3) is 6.77. The number of carbonyl (C=O) groups excluding carboxylic acids is 1. The number of rotatable bonds is 14. The summed E-state index contributed by atoms with van der Waals surface area (Å²) in [7, 11) is 0. The Morgan fingerprint density at radius 1 is 0.875 bits per heavy atom. The van der Waals surface area contributed by atoms with Crippen molar-refractivity contribution >= 4 is 27.9 Å². The third-order valence-corrected chi connectivity index (χ3v) is 8.30. The molecule has 214 valence electrons. The van der Waals surface area contributed by atoms with E-state index in [0.717, 1.165) is 90.9 Å². The highest BCUT2D eigenvalue weighted by atomic mass is 16.3. The van der Waals surface area contributed by atoms with Gasteiger partial charge in [0.2, 0.25) is 0 Å². The number of para-hydroxylation sites is 1. The summed E-state index contributed by atoms with van der Waals surface area (Å²) in [5.41, 5.74) is 3.55. The van der Waals surface area contributed by atoms with Crippen molar-refractivity contribution < 1.29 is 9.21 Å². The van der Waals surface area contributed by atoms with Crippen molar-refractivity contribution in [2.75, 3.05) is 32.7 Å². The Morgan fingerprint density at radius 3 is 2.38 bits per heavy atom. The average Bonchev–Trinajstić information content (AvgIpc) is 3.58. The van der Waals surface area contributed by atoms with Gasteiger partial charge in [-0.3, -0.25) is 4.79 Å². The van der Waals surface area contributed by atoms with Crippen LogP contribution < -0.4 is 0 Å². The van der Waals surface area contributed by atoms with Crippen molar-refractivity contribution in [1.29, 1.82) is 0 Å². The van der Waals surface area contributed by atoms with E-state index >= 15 is 0 Å². The number of hydrogen-bond acceptors (Lipinski definition) is 4. The van der Waals surface area contributed by atoms with Gasteiger partial charge >= 0.3 is 0 Å². The fourth-order valence-electron chi connectivity index (χ4n) is 5.92. The van der Waals surface area contributed by atoms with Gasteiger partial charge in [0.05, 0.1) is 11.0 Å². The molecular formula is C34H46N4O2. The van der Waals surface area contributed by atoms with Gasteiger partial charge in [0.15, 0.2) is 11.6 Å². The number of hydrogen-bond donors (Lipinski definition) is 0. The summed E-state index contributed by atoms with van der Waals surface area (Å²) in [4.78, 5) is 23.3. The molecule has 0 N–H and O–H groups in total. The third-order valence-electron chi connectivity index (χ3n) is 8.30. The summed E-state index contributed by atoms with van der Waals surface area (Å²) in [6.45, 7) is 10.6. The van der Waals surface area contributed by atoms with E-state index < -0.39 is 0 Å². The molecule has 1 aliphatic rings. The minimum atomic E-state index is 0.128. The molecule has 3 heterocycles. The largest absolute Gasteiger partial charge is 0.453 e. The molecule has 6 heteroatoms. The van der Waals surface area contributed by atoms with Crippen LogP contribution in [0.3, 0.4) is 0 Å². The molecule has 4 aromatic rings. The second-order valence-electron chi connectivity index (χ2n) is 11.4. The van der Waals surface area contributed by atoms with Crippen LogP contribution in [0.25, 0.3) is 33.6 Å². The van der Waals surface area contributed by atoms with Crippen molar-refractivity contribution in [3.8, 4) is 11.6 Å². The van der Waals surface area contributed by atoms with Crippen molar-refractivity contribution in [3.05, 3.63) is 54.1 Å². The van der Waals surface area contributed by atoms with Crippen LogP contribution in [0.2, 0.25) is 0 Å². The molecule has 1 saturated heterocycles. The number of nitrogens with zero attached hydrogens (tertiary/aromatic N) is 4. The molecule has 0 spiro atoms. The number of carbonyl (C=O) groups is 1. The standard InChI is InChI=1S/C34H46N4O2/c1-3-5-22-37(23-6-4-2)34(39)28-17-18-29-30(25-28)38(24-14-8-13-21-36-19-11-7-12-20-36)33(35-29)32-26-27-15-9-10-16-31(27)40-32/h9-10,15-18,25-26H,3-8,11-14,19-24H2,1-2H3. The number of imidazole rings is 1. The van der Waals surface area contributed by atoms with Crippen LogP contribution in [0.1, 0.15) is 88.4 Å². The van der Waals surface area contributed by atoms with Crippen LogP contribution in [0.4, 0.5) is 0 Å². The van der Waals surface area contributed by atoms with Crippen molar-refractivity contribution in [2.45, 2.75) is 84.6 Å². The molecule has 40 heavy (non-hydrogen) atoms. The monoisotopic (exact) mass is 542 g/mol. The number of benzene rings is 2. The molecule has 0 unspecified atom stereocenters. The van der Waals surface area contributed by atoms with E-state index in [1.165, 1.54) is 51.7 Å². The zero-order chi connectivity index (χ0) is 27.7. The van der Waals surface area contributed by atoms with E-state index in [2.05, 4.69) is 41.5 Å². The lowest BCUT2D eigenvalue weighted by Crippen LogP contribution is -2.33. The number of likely N-dealkylation sites (tertiary alicyclic amines) is 1. The van der Waals surface area contributed by atoms with Crippen LogP contribution >= 0.6 is 0 Å². The van der Waals surface area contributed by atoms with Crippen molar-refractivity contribution in [1.82, 2.24) is 19.4 Å². The molecule has 0 atom stereocenters. The van der Waals surface area contributed by atoms with Gasteiger partial charge in [-0.2, -0.15) is 0 Å². The van der Waals surface area contributed by atoms with Gasteiger partial charge < -0.3 is 18.8 Å². The van der Waals surface area contributed by atoms with Gasteiger partial charge in [-0.25, -0.2) is 4.98 Å². The van der Waals surface area contributed by atoms with Crippen LogP contribution in [0.5, 0.6) is 0 Å². The maximum atomic E-state index is 13.6. The van der Waals surface area contributed by atoms with Gasteiger partial charge in [-0.1, -0.05) is 57.7 Å². The highest BCUT2D eigenvalue weighted by molar-refractivity contribution is 5.98. The number of amides is 1. The molecule has 1 amide bonds. The normalized spacial score (nSPS) is 14.3. The maximum Gasteiger partial charge on any atom is 0.253 e. The predicted molar refractivity (Wildman–Crippen MR) is 165 cm³/mol. The number of unbranched alkanes of at least 4 members (excludes halogenated alkanes) is 4. The minimum absolute atomic E-state index is 0.128. The molecule has 0 radical (unpaired) electrons. The van der Waals surface area contributed by atoms with Gasteiger partial charge in [0.1, 0.15) is 5.58 Å². The van der Waals surface area contributed by atoms with E-state index in [9.17, 15) is 4.79 Å². The summed E-state index contributed by atoms with van der Waals surface area (Å²) < 4.78 is 8.56. The van der Waals surface area contributed by atoms with Crippen molar-refractivity contribution in [3.63, 3.8) is 0 Å². The molecule has 1 aliphatic heterocycles. The predicted octanol–water partition coefficient (Wildman–Crippen LogP) is 8.15. The van der Waals surface area contributed by atoms with Crippen LogP contribution in [0, 0.1) is 0 Å². The van der Waals surface area contributed by atoms with Gasteiger partial charge in [-0.15, -0.1) is 0 Å². The fourth-order valence-corrected chi connectivity index (χ4v) is 5.92. The second kappa shape index (κ2) is 14.0. The number of aryl methyl sites for hydroxylation is 1. The Bertz CT molecular complexity index is 1340. The van der Waals surface area contributed by atoms with Gasteiger partial charge in [0.25, 0.3) is 5.91 Å². The highest BCUT2D eigenvalue weighted by Crippen LogP contribution is 2.31. The number of furan rings is 1. The quantitative estimate of drug-likeness (QED) is 0.151. The van der Waals surface area contributed by atoms with E-state index in [4.69, 9.17) is 9.40 Å². The summed E-state index contributed by atoms with van der Waals surface area (Å²) in [5.74, 6) is 1.76. The minimum Gasteiger partial charge on any atom is -0.453 e. The van der Waals surface area contributed by atoms with Gasteiger partial charge in [0, 0.05) is 30.6 Å². The summed E-state index contributed by atoms with van der Waals surface area (Å²) >= 11 is 0. The summed E-state index contributed by atoms with van der Waals surface area (Å²) in [6.07, 6.45) is 11.8. The zero-order valence-corrected chi connectivity index (χ0v) is 24.5. The molecule has 6 nitrogen and oxygen atoms in total. The lowest BCUT2D eigenvalue weighted by Gasteiger charge is -2.26. The van der Waals surface area contributed by atoms with Crippen LogP contribution in [0.15, 0.2) is 52.9 Å². The molecule has 1 fully saturated rings. The fraction of sp³-hybridized carbons (Fsp3) is 0.529. The van der Waals surface area contributed by atoms with Crippen LogP contribution in [-0.2, 0) is 6.54 Å². The van der Waals surface area contributed by atoms with E-state index in [1.807, 2.05) is 35.2 Å². The first kappa shape index (κ1) is 28.4. The molecule has 0 bridgehead atoms. The highest BCUT2D eigenvalue weighted by Gasteiger charge is 2.20. The molecule has 5 rings (SSSR count). The molecular weight excluding hydrogens is 496 g/mol. The zero-order valence-electron chi connectivity index (χ0n) is 24.5. The number of aromatic nitrogens is 2. The van der Waals surface area contributed by atoms with E-state index in [0.29, 0.717) is 0 Å². The Balaban J connectivity index is 1.41. The summed E-state index contributed by atoms with van der Waals surface area (Å²) in [6, 6.07) is 16.2. The Hall–Kier alpha value is -3.12. The average molecular weight is 543 g/mol. The first-order chi connectivity index (χ1) is 19.7. The number of piperidine rings is 1. The smallest absolute Gasteiger partial charge is 0.253 e. The maximum absolute atomic E-state index is 13.6. The first-order valence-corrected chi connectivity index (χ1v) is 15.7. The molecule has 2 aromatic heterocycles. The van der Waals surface area contributed by atoms with Crippen LogP contribution in [-0.4, -0.2) is 58.0 Å². The van der Waals surface area contributed by atoms with E-state index in [-0.39, 0.29) is 5.91 Å². The van der Waals surface area contributed by atoms with E-state index in [1.54, 1.807) is 0 Å². The molecule has 2 aromatic carbocycles. The molecule has 0 saturated carbocycles. The topological polar surface area (TPSA) is 54.5 Å². The summed E-state index contributed by atoms with van der Waals surface area (Å²) in [5, 5.41) is 1.08. The Morgan fingerprint density at radius 2 is 1.62 bits per heavy atom. The number of fused-ring (bicyclic) bond motifs is 2. The first-order valence-electron chi connectivity index (χ1n) is 15.7. The Labute approximate surface area is 239 Å². The Kier molecular flexibility index (Phi) is 9.93. The lowest BCUT2D eigenvalue weighted by atomic mass is 10.1. The molecule has 0 aliphatic carbocycles. The lowest BCUT2D eigenvalue weighted by molar-refractivity contribution is 0.0751. The van der Waals surface area contributed by atoms with Crippen molar-refractivity contribution in [2.24, 2.45) is 0 Å². The van der Waals surface area contributed by atoms with Gasteiger partial charge in [-0.05, 0) is 88.5 Å².